The van der Waals surface area contributed by atoms with E-state index in [1.165, 1.54) is 0 Å². The summed E-state index contributed by atoms with van der Waals surface area (Å²) in [5.41, 5.74) is -1.55. The maximum absolute atomic E-state index is 14.9. The third-order valence-corrected chi connectivity index (χ3v) is 9.73. The van der Waals surface area contributed by atoms with Crippen molar-refractivity contribution in [3.05, 3.63) is 61.2 Å². The van der Waals surface area contributed by atoms with Gasteiger partial charge in [0.1, 0.15) is 11.6 Å². The van der Waals surface area contributed by atoms with Gasteiger partial charge in [-0.25, -0.2) is 0 Å². The van der Waals surface area contributed by atoms with Crippen LogP contribution in [0.4, 0.5) is 0 Å². The number of hydrogen-bond acceptors (Lipinski definition) is 5. The molecule has 3 aliphatic heterocycles. The van der Waals surface area contributed by atoms with Crippen LogP contribution in [0.5, 0.6) is 0 Å². The Balaban J connectivity index is 1.77. The lowest BCUT2D eigenvalue weighted by atomic mass is 9.66. The predicted octanol–water partition coefficient (Wildman–Crippen LogP) is 4.97. The van der Waals surface area contributed by atoms with E-state index in [0.29, 0.717) is 51.9 Å². The number of ether oxygens (including phenoxy) is 1. The molecule has 242 valence electrons. The fraction of sp³-hybridized carbons (Fsp3) is 0.639. The van der Waals surface area contributed by atoms with Crippen LogP contribution in [0.1, 0.15) is 79.2 Å². The molecule has 3 fully saturated rings. The largest absolute Gasteiger partial charge is 0.396 e. The van der Waals surface area contributed by atoms with E-state index >= 15 is 0 Å². The summed E-state index contributed by atoms with van der Waals surface area (Å²) in [7, 11) is 0. The van der Waals surface area contributed by atoms with E-state index in [1.807, 2.05) is 42.2 Å². The third-order valence-electron chi connectivity index (χ3n) is 9.73. The molecule has 8 heteroatoms. The first kappa shape index (κ1) is 33.9. The number of carbonyl (C=O) groups excluding carboxylic acids is 3. The van der Waals surface area contributed by atoms with Crippen molar-refractivity contribution in [3.8, 4) is 0 Å². The van der Waals surface area contributed by atoms with Crippen LogP contribution in [0.25, 0.3) is 0 Å². The molecule has 1 N–H and O–H groups in total. The third kappa shape index (κ3) is 6.25. The van der Waals surface area contributed by atoms with Crippen LogP contribution in [-0.4, -0.2) is 86.6 Å². The molecular formula is C36H53N3O5. The molecule has 3 amide bonds. The molecule has 2 bridgehead atoms. The number of aliphatic hydroxyl groups is 1. The standard InChI is InChI=1S/C36H53N3O5/c1-9-20-37(24-26-16-12-11-13-17-26)30(41)27-28-31(42)38(22-14-15-23-40)29(36(28)19-18-35(27,8)44-36)32(43)39(21-10-2)34(6,7)25-33(3,4)5/h9-13,16-17,27-29,40H,1-2,14-15,18-25H2,3-8H3/t27-,28+,29?,35+,36?/m1/s1. The van der Waals surface area contributed by atoms with E-state index < -0.39 is 34.6 Å². The Morgan fingerprint density at radius 3 is 2.30 bits per heavy atom. The number of unbranched alkanes of at least 4 members (excludes halogenated alkanes) is 1. The maximum atomic E-state index is 14.9. The van der Waals surface area contributed by atoms with Gasteiger partial charge in [-0.15, -0.1) is 13.2 Å². The summed E-state index contributed by atoms with van der Waals surface area (Å²) in [6, 6.07) is 8.93. The van der Waals surface area contributed by atoms with Crippen molar-refractivity contribution in [2.45, 2.75) is 103 Å². The number of hydrogen-bond donors (Lipinski definition) is 1. The van der Waals surface area contributed by atoms with Gasteiger partial charge in [-0.05, 0) is 63.9 Å². The van der Waals surface area contributed by atoms with Gasteiger partial charge in [-0.3, -0.25) is 14.4 Å². The number of amides is 3. The van der Waals surface area contributed by atoms with Crippen molar-refractivity contribution >= 4 is 17.7 Å². The van der Waals surface area contributed by atoms with Crippen LogP contribution < -0.4 is 0 Å². The van der Waals surface area contributed by atoms with Crippen LogP contribution in [0.3, 0.4) is 0 Å². The molecule has 4 rings (SSSR count). The highest BCUT2D eigenvalue weighted by molar-refractivity contribution is 5.99. The van der Waals surface area contributed by atoms with Gasteiger partial charge in [0.15, 0.2) is 0 Å². The normalized spacial score (nSPS) is 27.8. The van der Waals surface area contributed by atoms with Gasteiger partial charge in [-0.1, -0.05) is 63.3 Å². The minimum Gasteiger partial charge on any atom is -0.396 e. The average Bonchev–Trinajstić information content (AvgIpc) is 3.51. The van der Waals surface area contributed by atoms with Crippen LogP contribution in [0, 0.1) is 17.3 Å². The Bertz CT molecular complexity index is 1240. The summed E-state index contributed by atoms with van der Waals surface area (Å²) in [5, 5.41) is 9.53. The van der Waals surface area contributed by atoms with E-state index in [1.54, 1.807) is 22.0 Å². The zero-order valence-electron chi connectivity index (χ0n) is 27.7. The molecule has 0 aliphatic carbocycles. The number of rotatable bonds is 14. The minimum atomic E-state index is -1.10. The van der Waals surface area contributed by atoms with E-state index in [-0.39, 0.29) is 29.7 Å². The van der Waals surface area contributed by atoms with Gasteiger partial charge in [0.05, 0.1) is 17.4 Å². The molecule has 3 heterocycles. The molecule has 0 radical (unpaired) electrons. The predicted molar refractivity (Wildman–Crippen MR) is 172 cm³/mol. The lowest BCUT2D eigenvalue weighted by Gasteiger charge is -2.45. The Morgan fingerprint density at radius 1 is 1.05 bits per heavy atom. The first-order valence-corrected chi connectivity index (χ1v) is 16.1. The molecule has 0 saturated carbocycles. The van der Waals surface area contributed by atoms with Crippen LogP contribution in [0.2, 0.25) is 0 Å². The first-order chi connectivity index (χ1) is 20.7. The molecule has 1 spiro atoms. The van der Waals surface area contributed by atoms with Crippen LogP contribution in [-0.2, 0) is 25.7 Å². The average molecular weight is 608 g/mol. The van der Waals surface area contributed by atoms with Crippen molar-refractivity contribution < 1.29 is 24.2 Å². The highest BCUT2D eigenvalue weighted by Crippen LogP contribution is 2.63. The molecule has 8 nitrogen and oxygen atoms in total. The number of likely N-dealkylation sites (tertiary alicyclic amines) is 1. The van der Waals surface area contributed by atoms with Crippen molar-refractivity contribution in [2.24, 2.45) is 17.3 Å². The molecule has 1 aromatic carbocycles. The second-order valence-electron chi connectivity index (χ2n) is 15.0. The monoisotopic (exact) mass is 607 g/mol. The topological polar surface area (TPSA) is 90.4 Å². The molecular weight excluding hydrogens is 554 g/mol. The summed E-state index contributed by atoms with van der Waals surface area (Å²) < 4.78 is 6.91. The van der Waals surface area contributed by atoms with Gasteiger partial charge in [-0.2, -0.15) is 0 Å². The number of fused-ring (bicyclic) bond motifs is 1. The molecule has 1 aromatic rings. The van der Waals surface area contributed by atoms with Gasteiger partial charge >= 0.3 is 0 Å². The summed E-state index contributed by atoms with van der Waals surface area (Å²) in [6.45, 7) is 21.8. The van der Waals surface area contributed by atoms with Crippen LogP contribution >= 0.6 is 0 Å². The fourth-order valence-electron chi connectivity index (χ4n) is 8.41. The van der Waals surface area contributed by atoms with E-state index in [9.17, 15) is 19.5 Å². The van der Waals surface area contributed by atoms with Crippen molar-refractivity contribution in [1.29, 1.82) is 0 Å². The molecule has 0 aromatic heterocycles. The summed E-state index contributed by atoms with van der Waals surface area (Å²) in [5.74, 6) is -2.00. The molecule has 5 atom stereocenters. The molecule has 3 saturated heterocycles. The summed E-state index contributed by atoms with van der Waals surface area (Å²) in [4.78, 5) is 49.2. The van der Waals surface area contributed by atoms with Crippen molar-refractivity contribution in [3.63, 3.8) is 0 Å². The van der Waals surface area contributed by atoms with Crippen molar-refractivity contribution in [2.75, 3.05) is 26.2 Å². The highest BCUT2D eigenvalue weighted by atomic mass is 16.5. The smallest absolute Gasteiger partial charge is 0.249 e. The Kier molecular flexibility index (Phi) is 9.86. The fourth-order valence-corrected chi connectivity index (χ4v) is 8.41. The van der Waals surface area contributed by atoms with Gasteiger partial charge in [0.25, 0.3) is 0 Å². The Morgan fingerprint density at radius 2 is 1.70 bits per heavy atom. The highest BCUT2D eigenvalue weighted by Gasteiger charge is 2.78. The van der Waals surface area contributed by atoms with Crippen LogP contribution in [0.15, 0.2) is 55.6 Å². The maximum Gasteiger partial charge on any atom is 0.249 e. The Labute approximate surface area is 264 Å². The van der Waals surface area contributed by atoms with Crippen molar-refractivity contribution in [1.82, 2.24) is 14.7 Å². The van der Waals surface area contributed by atoms with E-state index in [2.05, 4.69) is 47.8 Å². The number of aliphatic hydroxyl groups excluding tert-OH is 1. The number of carbonyl (C=O) groups is 3. The summed E-state index contributed by atoms with van der Waals surface area (Å²) in [6.07, 6.45) is 6.37. The summed E-state index contributed by atoms with van der Waals surface area (Å²) >= 11 is 0. The molecule has 3 aliphatic rings. The second kappa shape index (κ2) is 12.8. The van der Waals surface area contributed by atoms with E-state index in [0.717, 1.165) is 12.0 Å². The van der Waals surface area contributed by atoms with Gasteiger partial charge in [0, 0.05) is 38.3 Å². The lowest BCUT2D eigenvalue weighted by Crippen LogP contribution is -2.61. The minimum absolute atomic E-state index is 0.00208. The Hall–Kier alpha value is -2.97. The molecule has 44 heavy (non-hydrogen) atoms. The zero-order valence-corrected chi connectivity index (χ0v) is 27.7. The van der Waals surface area contributed by atoms with Gasteiger partial charge in [0.2, 0.25) is 17.7 Å². The lowest BCUT2D eigenvalue weighted by molar-refractivity contribution is -0.157. The SMILES string of the molecule is C=CCN(Cc1ccccc1)C(=O)[C@H]1[C@H]2C(=O)N(CCCCO)C(C(=O)N(CC=C)C(C)(C)CC(C)(C)C)C23CC[C@]1(C)O3. The molecule has 2 unspecified atom stereocenters. The van der Waals surface area contributed by atoms with E-state index in [4.69, 9.17) is 4.74 Å². The number of nitrogens with zero attached hydrogens (tertiary/aromatic N) is 3. The second-order valence-corrected chi connectivity index (χ2v) is 15.0. The quantitative estimate of drug-likeness (QED) is 0.238. The first-order valence-electron chi connectivity index (χ1n) is 16.1. The van der Waals surface area contributed by atoms with Gasteiger partial charge < -0.3 is 24.5 Å². The zero-order chi connectivity index (χ0) is 32.5. The number of benzene rings is 1.